The summed E-state index contributed by atoms with van der Waals surface area (Å²) < 4.78 is 0.811. The summed E-state index contributed by atoms with van der Waals surface area (Å²) in [6.45, 7) is 1.87. The predicted molar refractivity (Wildman–Crippen MR) is 61.6 cm³/mol. The molecule has 0 unspecified atom stereocenters. The van der Waals surface area contributed by atoms with Crippen molar-refractivity contribution in [2.24, 2.45) is 5.92 Å². The van der Waals surface area contributed by atoms with E-state index >= 15 is 0 Å². The maximum absolute atomic E-state index is 9.93. The zero-order chi connectivity index (χ0) is 11.4. The van der Waals surface area contributed by atoms with Crippen molar-refractivity contribution in [3.05, 3.63) is 28.2 Å². The van der Waals surface area contributed by atoms with Crippen LogP contribution in [-0.4, -0.2) is 21.9 Å². The molecule has 0 saturated carbocycles. The number of rotatable bonds is 4. The molecule has 0 aliphatic heterocycles. The molecular weight excluding hydrogens is 260 g/mol. The molecule has 0 bridgehead atoms. The van der Waals surface area contributed by atoms with Crippen molar-refractivity contribution in [2.75, 3.05) is 6.61 Å². The molecule has 4 heteroatoms. The molecule has 3 nitrogen and oxygen atoms in total. The second-order valence-electron chi connectivity index (χ2n) is 3.64. The Morgan fingerprint density at radius 1 is 1.40 bits per heavy atom. The lowest BCUT2D eigenvalue weighted by atomic mass is 9.94. The normalized spacial score (nSPS) is 14.9. The van der Waals surface area contributed by atoms with Crippen LogP contribution >= 0.6 is 15.9 Å². The SMILES string of the molecule is C[C@H](CCO)[C@H](O)c1cc(Br)ccc1O. The van der Waals surface area contributed by atoms with Crippen molar-refractivity contribution in [3.63, 3.8) is 0 Å². The van der Waals surface area contributed by atoms with Crippen molar-refractivity contribution in [1.29, 1.82) is 0 Å². The first-order valence-electron chi connectivity index (χ1n) is 4.83. The second-order valence-corrected chi connectivity index (χ2v) is 4.55. The van der Waals surface area contributed by atoms with E-state index in [0.717, 1.165) is 4.47 Å². The van der Waals surface area contributed by atoms with Gasteiger partial charge in [0, 0.05) is 16.6 Å². The lowest BCUT2D eigenvalue weighted by Gasteiger charge is -2.19. The minimum atomic E-state index is -0.755. The smallest absolute Gasteiger partial charge is 0.121 e. The fourth-order valence-electron chi connectivity index (χ4n) is 1.43. The van der Waals surface area contributed by atoms with Gasteiger partial charge in [0.25, 0.3) is 0 Å². The number of benzene rings is 1. The minimum Gasteiger partial charge on any atom is -0.508 e. The molecule has 0 fully saturated rings. The average molecular weight is 275 g/mol. The van der Waals surface area contributed by atoms with E-state index < -0.39 is 6.10 Å². The highest BCUT2D eigenvalue weighted by Gasteiger charge is 2.19. The van der Waals surface area contributed by atoms with Crippen LogP contribution in [0.1, 0.15) is 25.0 Å². The largest absolute Gasteiger partial charge is 0.508 e. The molecule has 0 amide bonds. The maximum Gasteiger partial charge on any atom is 0.121 e. The minimum absolute atomic E-state index is 0.0347. The third-order valence-corrected chi connectivity index (χ3v) is 2.92. The van der Waals surface area contributed by atoms with E-state index in [1.165, 1.54) is 6.07 Å². The first kappa shape index (κ1) is 12.5. The Morgan fingerprint density at radius 3 is 2.67 bits per heavy atom. The van der Waals surface area contributed by atoms with Gasteiger partial charge in [-0.3, -0.25) is 0 Å². The van der Waals surface area contributed by atoms with Crippen molar-refractivity contribution in [1.82, 2.24) is 0 Å². The fraction of sp³-hybridized carbons (Fsp3) is 0.455. The third-order valence-electron chi connectivity index (χ3n) is 2.43. The molecule has 0 aromatic heterocycles. The highest BCUT2D eigenvalue weighted by atomic mass is 79.9. The third kappa shape index (κ3) is 3.19. The van der Waals surface area contributed by atoms with Crippen LogP contribution in [-0.2, 0) is 0 Å². The zero-order valence-corrected chi connectivity index (χ0v) is 10.1. The van der Waals surface area contributed by atoms with Gasteiger partial charge in [0.2, 0.25) is 0 Å². The number of aliphatic hydroxyl groups excluding tert-OH is 2. The summed E-state index contributed by atoms with van der Waals surface area (Å²) in [5.41, 5.74) is 0.491. The Kier molecular flexibility index (Phi) is 4.57. The first-order valence-corrected chi connectivity index (χ1v) is 5.63. The fourth-order valence-corrected chi connectivity index (χ4v) is 1.81. The summed E-state index contributed by atoms with van der Waals surface area (Å²) in [5.74, 6) is -0.00862. The van der Waals surface area contributed by atoms with Crippen LogP contribution in [0.2, 0.25) is 0 Å². The van der Waals surface area contributed by atoms with Crippen molar-refractivity contribution in [3.8, 4) is 5.75 Å². The van der Waals surface area contributed by atoms with Crippen LogP contribution in [0.3, 0.4) is 0 Å². The van der Waals surface area contributed by atoms with E-state index in [0.29, 0.717) is 12.0 Å². The van der Waals surface area contributed by atoms with Crippen LogP contribution in [0.4, 0.5) is 0 Å². The van der Waals surface area contributed by atoms with Crippen molar-refractivity contribution < 1.29 is 15.3 Å². The quantitative estimate of drug-likeness (QED) is 0.789. The second kappa shape index (κ2) is 5.49. The lowest BCUT2D eigenvalue weighted by molar-refractivity contribution is 0.0966. The first-order chi connectivity index (χ1) is 7.06. The maximum atomic E-state index is 9.93. The molecule has 0 aliphatic carbocycles. The van der Waals surface area contributed by atoms with Gasteiger partial charge in [-0.05, 0) is 30.5 Å². The molecule has 0 aliphatic rings. The average Bonchev–Trinajstić information content (AvgIpc) is 2.21. The van der Waals surface area contributed by atoms with Gasteiger partial charge >= 0.3 is 0 Å². The Bertz CT molecular complexity index is 328. The molecule has 3 N–H and O–H groups in total. The number of aromatic hydroxyl groups is 1. The van der Waals surface area contributed by atoms with Crippen LogP contribution < -0.4 is 0 Å². The van der Waals surface area contributed by atoms with Gasteiger partial charge in [-0.15, -0.1) is 0 Å². The Balaban J connectivity index is 2.89. The van der Waals surface area contributed by atoms with E-state index in [1.54, 1.807) is 12.1 Å². The van der Waals surface area contributed by atoms with E-state index in [1.807, 2.05) is 6.92 Å². The van der Waals surface area contributed by atoms with Gasteiger partial charge < -0.3 is 15.3 Å². The number of hydrogen-bond acceptors (Lipinski definition) is 3. The van der Waals surface area contributed by atoms with Gasteiger partial charge in [0.1, 0.15) is 5.75 Å². The van der Waals surface area contributed by atoms with E-state index in [2.05, 4.69) is 15.9 Å². The molecule has 1 aromatic rings. The van der Waals surface area contributed by atoms with Crippen molar-refractivity contribution >= 4 is 15.9 Å². The van der Waals surface area contributed by atoms with E-state index in [-0.39, 0.29) is 18.3 Å². The molecule has 0 spiro atoms. The summed E-state index contributed by atoms with van der Waals surface area (Å²) in [6, 6.07) is 4.93. The Hall–Kier alpha value is -0.580. The summed E-state index contributed by atoms with van der Waals surface area (Å²) in [7, 11) is 0. The van der Waals surface area contributed by atoms with Gasteiger partial charge in [-0.2, -0.15) is 0 Å². The highest BCUT2D eigenvalue weighted by Crippen LogP contribution is 2.32. The number of phenolic OH excluding ortho intramolecular Hbond substituents is 1. The van der Waals surface area contributed by atoms with E-state index in [9.17, 15) is 10.2 Å². The number of halogens is 1. The van der Waals surface area contributed by atoms with Crippen molar-refractivity contribution in [2.45, 2.75) is 19.4 Å². The number of phenols is 1. The Morgan fingerprint density at radius 2 is 2.07 bits per heavy atom. The van der Waals surface area contributed by atoms with Crippen LogP contribution in [0.15, 0.2) is 22.7 Å². The van der Waals surface area contributed by atoms with Gasteiger partial charge in [-0.25, -0.2) is 0 Å². The topological polar surface area (TPSA) is 60.7 Å². The zero-order valence-electron chi connectivity index (χ0n) is 8.52. The van der Waals surface area contributed by atoms with Crippen LogP contribution in [0.5, 0.6) is 5.75 Å². The highest BCUT2D eigenvalue weighted by molar-refractivity contribution is 9.10. The molecule has 1 aromatic carbocycles. The number of aliphatic hydroxyl groups is 2. The molecule has 0 heterocycles. The number of hydrogen-bond donors (Lipinski definition) is 3. The molecule has 2 atom stereocenters. The molecule has 84 valence electrons. The lowest BCUT2D eigenvalue weighted by Crippen LogP contribution is -2.11. The molecule has 1 rings (SSSR count). The molecule has 0 radical (unpaired) electrons. The monoisotopic (exact) mass is 274 g/mol. The van der Waals surface area contributed by atoms with Gasteiger partial charge in [0.15, 0.2) is 0 Å². The molecule has 15 heavy (non-hydrogen) atoms. The molecule has 0 saturated heterocycles. The summed E-state index contributed by atoms with van der Waals surface area (Å²) >= 11 is 3.28. The van der Waals surface area contributed by atoms with Crippen LogP contribution in [0, 0.1) is 5.92 Å². The predicted octanol–water partition coefficient (Wildman–Crippen LogP) is 2.21. The van der Waals surface area contributed by atoms with Gasteiger partial charge in [-0.1, -0.05) is 22.9 Å². The standard InChI is InChI=1S/C11H15BrO3/c1-7(4-5-13)11(15)9-6-8(12)2-3-10(9)14/h2-3,6-7,11,13-15H,4-5H2,1H3/t7-,11+/m1/s1. The summed E-state index contributed by atoms with van der Waals surface area (Å²) in [6.07, 6.45) is -0.248. The summed E-state index contributed by atoms with van der Waals surface area (Å²) in [5, 5.41) is 28.3. The van der Waals surface area contributed by atoms with Gasteiger partial charge in [0.05, 0.1) is 6.10 Å². The van der Waals surface area contributed by atoms with E-state index in [4.69, 9.17) is 5.11 Å². The molecular formula is C11H15BrO3. The summed E-state index contributed by atoms with van der Waals surface area (Å²) in [4.78, 5) is 0. The Labute approximate surface area is 97.5 Å². The van der Waals surface area contributed by atoms with Crippen LogP contribution in [0.25, 0.3) is 0 Å².